The first-order valence-electron chi connectivity index (χ1n) is 6.78. The summed E-state index contributed by atoms with van der Waals surface area (Å²) in [5, 5.41) is 3.54. The van der Waals surface area contributed by atoms with Gasteiger partial charge >= 0.3 is 0 Å². The number of hydrogen-bond acceptors (Lipinski definition) is 2. The lowest BCUT2D eigenvalue weighted by molar-refractivity contribution is 0.163. The van der Waals surface area contributed by atoms with E-state index in [4.69, 9.17) is 0 Å². The molecular formula is C14H32N2. The smallest absolute Gasteiger partial charge is 0.00965 e. The third-order valence-corrected chi connectivity index (χ3v) is 3.05. The molecule has 0 rings (SSSR count). The fourth-order valence-electron chi connectivity index (χ4n) is 2.21. The fraction of sp³-hybridized carbons (Fsp3) is 1.00. The van der Waals surface area contributed by atoms with E-state index in [-0.39, 0.29) is 5.54 Å². The zero-order valence-corrected chi connectivity index (χ0v) is 12.4. The Morgan fingerprint density at radius 1 is 1.12 bits per heavy atom. The largest absolute Gasteiger partial charge is 0.312 e. The molecule has 98 valence electrons. The number of rotatable bonds is 7. The lowest BCUT2D eigenvalue weighted by Gasteiger charge is -2.32. The predicted octanol–water partition coefficient (Wildman–Crippen LogP) is 3.27. The van der Waals surface area contributed by atoms with Crippen molar-refractivity contribution in [3.63, 3.8) is 0 Å². The summed E-state index contributed by atoms with van der Waals surface area (Å²) in [6.45, 7) is 18.1. The van der Waals surface area contributed by atoms with Crippen molar-refractivity contribution in [1.29, 1.82) is 0 Å². The molecule has 16 heavy (non-hydrogen) atoms. The molecule has 0 aliphatic rings. The zero-order chi connectivity index (χ0) is 12.8. The second-order valence-electron chi connectivity index (χ2n) is 6.09. The quantitative estimate of drug-likeness (QED) is 0.673. The minimum Gasteiger partial charge on any atom is -0.312 e. The molecule has 1 N–H and O–H groups in total. The van der Waals surface area contributed by atoms with Crippen LogP contribution >= 0.6 is 0 Å². The molecule has 0 radical (unpaired) electrons. The summed E-state index contributed by atoms with van der Waals surface area (Å²) in [4.78, 5) is 2.57. The maximum absolute atomic E-state index is 3.54. The third kappa shape index (κ3) is 7.24. The predicted molar refractivity (Wildman–Crippen MR) is 74.0 cm³/mol. The van der Waals surface area contributed by atoms with Gasteiger partial charge in [-0.2, -0.15) is 0 Å². The van der Waals surface area contributed by atoms with Gasteiger partial charge in [-0.1, -0.05) is 6.92 Å². The van der Waals surface area contributed by atoms with Crippen LogP contribution in [0.15, 0.2) is 0 Å². The van der Waals surface area contributed by atoms with Gasteiger partial charge in [-0.05, 0) is 67.5 Å². The number of hydrogen-bond donors (Lipinski definition) is 1. The molecular weight excluding hydrogens is 196 g/mol. The molecule has 0 bridgehead atoms. The summed E-state index contributed by atoms with van der Waals surface area (Å²) < 4.78 is 0. The third-order valence-electron chi connectivity index (χ3n) is 3.05. The molecule has 0 saturated heterocycles. The van der Waals surface area contributed by atoms with E-state index in [0.29, 0.717) is 12.1 Å². The molecule has 1 atom stereocenters. The molecule has 2 heteroatoms. The van der Waals surface area contributed by atoms with Crippen molar-refractivity contribution in [3.05, 3.63) is 0 Å². The van der Waals surface area contributed by atoms with Gasteiger partial charge in [0.25, 0.3) is 0 Å². The van der Waals surface area contributed by atoms with Crippen LogP contribution in [0.25, 0.3) is 0 Å². The first kappa shape index (κ1) is 15.9. The lowest BCUT2D eigenvalue weighted by atomic mass is 10.1. The van der Waals surface area contributed by atoms with E-state index in [2.05, 4.69) is 58.7 Å². The Hall–Kier alpha value is -0.0800. The molecule has 2 nitrogen and oxygen atoms in total. The first-order valence-corrected chi connectivity index (χ1v) is 6.78. The molecule has 0 aromatic heterocycles. The molecule has 0 fully saturated rings. The van der Waals surface area contributed by atoms with Crippen LogP contribution in [0.2, 0.25) is 0 Å². The van der Waals surface area contributed by atoms with Crippen LogP contribution in [-0.4, -0.2) is 35.6 Å². The van der Waals surface area contributed by atoms with Gasteiger partial charge in [0.15, 0.2) is 0 Å². The van der Waals surface area contributed by atoms with Crippen LogP contribution in [0.1, 0.15) is 61.3 Å². The van der Waals surface area contributed by atoms with Crippen molar-refractivity contribution in [1.82, 2.24) is 10.2 Å². The van der Waals surface area contributed by atoms with Crippen LogP contribution in [0.4, 0.5) is 0 Å². The fourth-order valence-corrected chi connectivity index (χ4v) is 2.21. The molecule has 0 spiro atoms. The van der Waals surface area contributed by atoms with Gasteiger partial charge in [0.05, 0.1) is 0 Å². The normalized spacial score (nSPS) is 14.8. The first-order chi connectivity index (χ1) is 7.28. The molecule has 0 aromatic rings. The van der Waals surface area contributed by atoms with Gasteiger partial charge in [0.1, 0.15) is 0 Å². The maximum atomic E-state index is 3.54. The zero-order valence-electron chi connectivity index (χ0n) is 12.4. The van der Waals surface area contributed by atoms with E-state index in [0.717, 1.165) is 13.1 Å². The van der Waals surface area contributed by atoms with Crippen LogP contribution < -0.4 is 5.32 Å². The Morgan fingerprint density at radius 2 is 1.69 bits per heavy atom. The van der Waals surface area contributed by atoms with Crippen molar-refractivity contribution in [2.45, 2.75) is 78.9 Å². The van der Waals surface area contributed by atoms with Gasteiger partial charge in [-0.15, -0.1) is 0 Å². The average molecular weight is 228 g/mol. The van der Waals surface area contributed by atoms with Crippen LogP contribution in [-0.2, 0) is 0 Å². The van der Waals surface area contributed by atoms with Gasteiger partial charge in [-0.3, -0.25) is 4.90 Å². The summed E-state index contributed by atoms with van der Waals surface area (Å²) in [5.74, 6) is 0. The second-order valence-corrected chi connectivity index (χ2v) is 6.09. The van der Waals surface area contributed by atoms with E-state index in [9.17, 15) is 0 Å². The van der Waals surface area contributed by atoms with Crippen LogP contribution in [0.5, 0.6) is 0 Å². The van der Waals surface area contributed by atoms with Gasteiger partial charge in [0, 0.05) is 17.6 Å². The van der Waals surface area contributed by atoms with Crippen LogP contribution in [0.3, 0.4) is 0 Å². The standard InChI is InChI=1S/C14H32N2/c1-8-16(12(2)3)13(4)10-9-11-15-14(5,6)7/h12-13,15H,8-11H2,1-7H3. The molecule has 0 amide bonds. The number of nitrogens with one attached hydrogen (secondary N) is 1. The Kier molecular flexibility index (Phi) is 7.25. The highest BCUT2D eigenvalue weighted by Crippen LogP contribution is 2.10. The summed E-state index contributed by atoms with van der Waals surface area (Å²) in [6, 6.07) is 1.36. The molecule has 0 aliphatic heterocycles. The highest BCUT2D eigenvalue weighted by Gasteiger charge is 2.15. The Bertz CT molecular complexity index is 170. The minimum atomic E-state index is 0.256. The van der Waals surface area contributed by atoms with Crippen molar-refractivity contribution >= 4 is 0 Å². The highest BCUT2D eigenvalue weighted by atomic mass is 15.2. The average Bonchev–Trinajstić information content (AvgIpc) is 2.11. The topological polar surface area (TPSA) is 15.3 Å². The molecule has 1 unspecified atom stereocenters. The van der Waals surface area contributed by atoms with E-state index in [1.54, 1.807) is 0 Å². The lowest BCUT2D eigenvalue weighted by Crippen LogP contribution is -2.40. The van der Waals surface area contributed by atoms with Crippen molar-refractivity contribution in [2.24, 2.45) is 0 Å². The van der Waals surface area contributed by atoms with E-state index in [1.165, 1.54) is 12.8 Å². The minimum absolute atomic E-state index is 0.256. The van der Waals surface area contributed by atoms with E-state index < -0.39 is 0 Å². The van der Waals surface area contributed by atoms with E-state index >= 15 is 0 Å². The van der Waals surface area contributed by atoms with Crippen molar-refractivity contribution in [3.8, 4) is 0 Å². The molecule has 0 saturated carbocycles. The second kappa shape index (κ2) is 7.29. The van der Waals surface area contributed by atoms with Gasteiger partial charge in [0.2, 0.25) is 0 Å². The van der Waals surface area contributed by atoms with Gasteiger partial charge in [-0.25, -0.2) is 0 Å². The van der Waals surface area contributed by atoms with Crippen molar-refractivity contribution < 1.29 is 0 Å². The summed E-state index contributed by atoms with van der Waals surface area (Å²) in [7, 11) is 0. The molecule has 0 aliphatic carbocycles. The Labute approximate surface area is 103 Å². The molecule has 0 heterocycles. The Balaban J connectivity index is 3.76. The van der Waals surface area contributed by atoms with E-state index in [1.807, 2.05) is 0 Å². The van der Waals surface area contributed by atoms with Crippen LogP contribution in [0, 0.1) is 0 Å². The highest BCUT2D eigenvalue weighted by molar-refractivity contribution is 4.73. The monoisotopic (exact) mass is 228 g/mol. The van der Waals surface area contributed by atoms with Gasteiger partial charge < -0.3 is 5.32 Å². The summed E-state index contributed by atoms with van der Waals surface area (Å²) >= 11 is 0. The summed E-state index contributed by atoms with van der Waals surface area (Å²) in [6.07, 6.45) is 2.55. The maximum Gasteiger partial charge on any atom is 0.00965 e. The summed E-state index contributed by atoms with van der Waals surface area (Å²) in [5.41, 5.74) is 0.256. The number of nitrogens with zero attached hydrogens (tertiary/aromatic N) is 1. The SMILES string of the molecule is CCN(C(C)C)C(C)CCCNC(C)(C)C. The molecule has 0 aromatic carbocycles. The van der Waals surface area contributed by atoms with Crippen molar-refractivity contribution in [2.75, 3.05) is 13.1 Å². The Morgan fingerprint density at radius 3 is 2.06 bits per heavy atom.